The van der Waals surface area contributed by atoms with Crippen LogP contribution in [-0.2, 0) is 16.3 Å². The van der Waals surface area contributed by atoms with Crippen molar-refractivity contribution >= 4 is 29.6 Å². The first-order chi connectivity index (χ1) is 15.9. The second kappa shape index (κ2) is 9.62. The number of nitrogens with zero attached hydrogens (tertiary/aromatic N) is 2. The average molecular weight is 466 g/mol. The van der Waals surface area contributed by atoms with Gasteiger partial charge in [-0.1, -0.05) is 17.7 Å². The van der Waals surface area contributed by atoms with Gasteiger partial charge in [0.25, 0.3) is 0 Å². The van der Waals surface area contributed by atoms with Crippen LogP contribution in [0.3, 0.4) is 0 Å². The average Bonchev–Trinajstić information content (AvgIpc) is 3.39. The number of aryl methyl sites for hydroxylation is 2. The number of rotatable bonds is 7. The van der Waals surface area contributed by atoms with E-state index in [1.807, 2.05) is 10.7 Å². The lowest BCUT2D eigenvalue weighted by molar-refractivity contribution is -0.111. The number of carbonyl (C=O) groups is 1. The number of carbonyl (C=O) groups excluding carboxylic acids is 1. The van der Waals surface area contributed by atoms with Crippen LogP contribution in [0.15, 0.2) is 36.4 Å². The number of benzene rings is 2. The van der Waals surface area contributed by atoms with Crippen LogP contribution >= 0.6 is 11.8 Å². The number of aromatic nitrogens is 2. The fraction of sp³-hybridized carbons (Fsp3) is 0.280. The lowest BCUT2D eigenvalue weighted by Crippen LogP contribution is -2.14. The van der Waals surface area contributed by atoms with Crippen molar-refractivity contribution in [2.75, 3.05) is 26.6 Å². The zero-order chi connectivity index (χ0) is 23.5. The lowest BCUT2D eigenvalue weighted by atomic mass is 10.1. The van der Waals surface area contributed by atoms with Gasteiger partial charge in [0.2, 0.25) is 11.7 Å². The topological polar surface area (TPSA) is 74.6 Å². The first-order valence-electron chi connectivity index (χ1n) is 10.5. The van der Waals surface area contributed by atoms with Gasteiger partial charge in [0.1, 0.15) is 5.82 Å². The maximum Gasteiger partial charge on any atom is 0.249 e. The molecule has 0 aliphatic carbocycles. The summed E-state index contributed by atoms with van der Waals surface area (Å²) in [4.78, 5) is 12.9. The molecule has 1 N–H and O–H groups in total. The lowest BCUT2D eigenvalue weighted by Gasteiger charge is -2.13. The number of fused-ring (bicyclic) bond motifs is 1. The third-order valence-corrected chi connectivity index (χ3v) is 6.46. The normalized spacial score (nSPS) is 12.6. The van der Waals surface area contributed by atoms with Crippen molar-refractivity contribution in [1.82, 2.24) is 9.78 Å². The summed E-state index contributed by atoms with van der Waals surface area (Å²) in [7, 11) is 4.67. The molecule has 2 heterocycles. The van der Waals surface area contributed by atoms with Gasteiger partial charge < -0.3 is 19.5 Å². The van der Waals surface area contributed by atoms with Gasteiger partial charge >= 0.3 is 0 Å². The summed E-state index contributed by atoms with van der Waals surface area (Å²) in [6, 6.07) is 9.80. The van der Waals surface area contributed by atoms with Crippen molar-refractivity contribution in [3.8, 4) is 22.9 Å². The molecule has 3 aromatic rings. The molecule has 1 amide bonds. The van der Waals surface area contributed by atoms with Gasteiger partial charge in [-0.2, -0.15) is 16.9 Å². The molecule has 2 aromatic carbocycles. The van der Waals surface area contributed by atoms with E-state index in [4.69, 9.17) is 19.3 Å². The standard InChI is InChI=1S/C25H27N3O4S/c1-15-6-8-20(16(2)10-15)28-25(18-13-33-14-19(18)27-28)26-23(29)9-7-17-11-21(30-3)24(32-5)22(12-17)31-4/h6-12H,13-14H2,1-5H3,(H,26,29)/b9-7+. The number of hydrogen-bond donors (Lipinski definition) is 1. The Hall–Kier alpha value is -3.39. The first kappa shape index (κ1) is 22.8. The van der Waals surface area contributed by atoms with Crippen molar-refractivity contribution < 1.29 is 19.0 Å². The van der Waals surface area contributed by atoms with Crippen molar-refractivity contribution in [2.24, 2.45) is 0 Å². The molecule has 33 heavy (non-hydrogen) atoms. The molecule has 0 saturated carbocycles. The van der Waals surface area contributed by atoms with Crippen LogP contribution in [0, 0.1) is 13.8 Å². The zero-order valence-electron chi connectivity index (χ0n) is 19.4. The van der Waals surface area contributed by atoms with E-state index in [1.54, 1.807) is 51.3 Å². The molecular weight excluding hydrogens is 438 g/mol. The molecule has 0 unspecified atom stereocenters. The molecule has 1 aliphatic heterocycles. The summed E-state index contributed by atoms with van der Waals surface area (Å²) in [5, 5.41) is 7.85. The Bertz CT molecular complexity index is 1210. The monoisotopic (exact) mass is 465 g/mol. The van der Waals surface area contributed by atoms with Crippen molar-refractivity contribution in [2.45, 2.75) is 25.4 Å². The fourth-order valence-electron chi connectivity index (χ4n) is 3.89. The Balaban J connectivity index is 1.63. The molecule has 0 saturated heterocycles. The van der Waals surface area contributed by atoms with Gasteiger partial charge in [0.05, 0.1) is 32.7 Å². The van der Waals surface area contributed by atoms with Crippen molar-refractivity contribution in [3.63, 3.8) is 0 Å². The van der Waals surface area contributed by atoms with Gasteiger partial charge in [-0.3, -0.25) is 4.79 Å². The summed E-state index contributed by atoms with van der Waals surface area (Å²) in [6.07, 6.45) is 3.21. The highest BCUT2D eigenvalue weighted by Gasteiger charge is 2.25. The minimum atomic E-state index is -0.241. The highest BCUT2D eigenvalue weighted by molar-refractivity contribution is 7.98. The second-order valence-corrected chi connectivity index (χ2v) is 8.74. The molecule has 172 valence electrons. The Morgan fingerprint density at radius 1 is 1.06 bits per heavy atom. The van der Waals surface area contributed by atoms with Gasteiger partial charge in [0.15, 0.2) is 11.5 Å². The molecule has 1 aliphatic rings. The van der Waals surface area contributed by atoms with Gasteiger partial charge in [-0.25, -0.2) is 4.68 Å². The largest absolute Gasteiger partial charge is 0.493 e. The van der Waals surface area contributed by atoms with Gasteiger partial charge in [-0.05, 0) is 49.2 Å². The molecule has 0 radical (unpaired) electrons. The van der Waals surface area contributed by atoms with Crippen LogP contribution in [0.25, 0.3) is 11.8 Å². The quantitative estimate of drug-likeness (QED) is 0.500. The maximum absolute atomic E-state index is 12.9. The van der Waals surface area contributed by atoms with E-state index in [0.717, 1.165) is 45.4 Å². The minimum Gasteiger partial charge on any atom is -0.493 e. The summed E-state index contributed by atoms with van der Waals surface area (Å²) >= 11 is 1.80. The van der Waals surface area contributed by atoms with E-state index in [0.29, 0.717) is 17.2 Å². The first-order valence-corrected chi connectivity index (χ1v) is 11.7. The zero-order valence-corrected chi connectivity index (χ0v) is 20.2. The number of anilines is 1. The number of thioether (sulfide) groups is 1. The highest BCUT2D eigenvalue weighted by atomic mass is 32.2. The van der Waals surface area contributed by atoms with Crippen LogP contribution in [0.1, 0.15) is 27.9 Å². The molecule has 4 rings (SSSR count). The van der Waals surface area contributed by atoms with Gasteiger partial charge in [0, 0.05) is 23.1 Å². The Morgan fingerprint density at radius 3 is 2.42 bits per heavy atom. The fourth-order valence-corrected chi connectivity index (χ4v) is 4.92. The molecule has 0 bridgehead atoms. The molecule has 1 aromatic heterocycles. The van der Waals surface area contributed by atoms with Gasteiger partial charge in [-0.15, -0.1) is 0 Å². The summed E-state index contributed by atoms with van der Waals surface area (Å²) in [6.45, 7) is 4.12. The number of nitrogens with one attached hydrogen (secondary N) is 1. The SMILES string of the molecule is COc1cc(/C=C/C(=O)Nc2c3c(nn2-c2ccc(C)cc2C)CSC3)cc(OC)c1OC. The Labute approximate surface area is 197 Å². The van der Waals surface area contributed by atoms with Crippen LogP contribution < -0.4 is 19.5 Å². The highest BCUT2D eigenvalue weighted by Crippen LogP contribution is 2.39. The van der Waals surface area contributed by atoms with Crippen molar-refractivity contribution in [1.29, 1.82) is 0 Å². The van der Waals surface area contributed by atoms with E-state index in [2.05, 4.69) is 31.3 Å². The van der Waals surface area contributed by atoms with E-state index in [9.17, 15) is 4.79 Å². The van der Waals surface area contributed by atoms with Crippen LogP contribution in [0.2, 0.25) is 0 Å². The minimum absolute atomic E-state index is 0.241. The third kappa shape index (κ3) is 4.57. The molecule has 0 fully saturated rings. The molecular formula is C25H27N3O4S. The van der Waals surface area contributed by atoms with E-state index < -0.39 is 0 Å². The Morgan fingerprint density at radius 2 is 1.79 bits per heavy atom. The Kier molecular flexibility index (Phi) is 6.65. The number of hydrogen-bond acceptors (Lipinski definition) is 6. The molecule has 0 spiro atoms. The summed E-state index contributed by atoms with van der Waals surface area (Å²) < 4.78 is 18.0. The molecule has 0 atom stereocenters. The number of methoxy groups -OCH3 is 3. The third-order valence-electron chi connectivity index (χ3n) is 5.49. The van der Waals surface area contributed by atoms with Crippen LogP contribution in [0.5, 0.6) is 17.2 Å². The maximum atomic E-state index is 12.9. The second-order valence-electron chi connectivity index (χ2n) is 7.75. The number of ether oxygens (including phenoxy) is 3. The predicted molar refractivity (Wildman–Crippen MR) is 132 cm³/mol. The van der Waals surface area contributed by atoms with Crippen molar-refractivity contribution in [3.05, 3.63) is 64.4 Å². The van der Waals surface area contributed by atoms with E-state index >= 15 is 0 Å². The van der Waals surface area contributed by atoms with Crippen LogP contribution in [-0.4, -0.2) is 37.0 Å². The van der Waals surface area contributed by atoms with E-state index in [1.165, 1.54) is 11.6 Å². The summed E-state index contributed by atoms with van der Waals surface area (Å²) in [5.74, 6) is 3.71. The molecule has 8 heteroatoms. The van der Waals surface area contributed by atoms with E-state index in [-0.39, 0.29) is 5.91 Å². The number of amides is 1. The molecule has 7 nitrogen and oxygen atoms in total. The smallest absolute Gasteiger partial charge is 0.249 e. The predicted octanol–water partition coefficient (Wildman–Crippen LogP) is 4.91. The summed E-state index contributed by atoms with van der Waals surface area (Å²) in [5.41, 5.74) is 6.10. The van der Waals surface area contributed by atoms with Crippen LogP contribution in [0.4, 0.5) is 5.82 Å².